The number of aromatic nitrogens is 1. The van der Waals surface area contributed by atoms with E-state index in [4.69, 9.17) is 0 Å². The number of aryl methyl sites for hydroxylation is 1. The summed E-state index contributed by atoms with van der Waals surface area (Å²) in [5.41, 5.74) is 1.17. The van der Waals surface area contributed by atoms with Gasteiger partial charge in [-0.1, -0.05) is 20.8 Å². The summed E-state index contributed by atoms with van der Waals surface area (Å²) in [6.45, 7) is 9.45. The standard InChI is InChI=1S/C12H22N2OS/c1-9-13-10(8-16-9)6-14(5)11(7-15)12(2,3)4/h8,11,15H,6-7H2,1-5H3. The maximum Gasteiger partial charge on any atom is 0.0897 e. The lowest BCUT2D eigenvalue weighted by Gasteiger charge is -2.36. The number of rotatable bonds is 4. The number of hydrogen-bond donors (Lipinski definition) is 1. The summed E-state index contributed by atoms with van der Waals surface area (Å²) in [6, 6.07) is 0.162. The Morgan fingerprint density at radius 1 is 1.50 bits per heavy atom. The molecule has 4 heteroatoms. The maximum atomic E-state index is 9.46. The molecular weight excluding hydrogens is 220 g/mol. The van der Waals surface area contributed by atoms with Crippen molar-refractivity contribution in [3.63, 3.8) is 0 Å². The third kappa shape index (κ3) is 3.54. The molecule has 0 saturated heterocycles. The molecule has 0 spiro atoms. The van der Waals surface area contributed by atoms with E-state index in [0.29, 0.717) is 0 Å². The van der Waals surface area contributed by atoms with Crippen LogP contribution in [-0.4, -0.2) is 34.7 Å². The van der Waals surface area contributed by atoms with E-state index in [1.165, 1.54) is 0 Å². The Balaban J connectivity index is 2.66. The van der Waals surface area contributed by atoms with Crippen LogP contribution in [0.2, 0.25) is 0 Å². The zero-order chi connectivity index (χ0) is 12.3. The fourth-order valence-electron chi connectivity index (χ4n) is 1.92. The van der Waals surface area contributed by atoms with Gasteiger partial charge in [0.15, 0.2) is 0 Å². The average Bonchev–Trinajstić information content (AvgIpc) is 2.49. The first-order valence-electron chi connectivity index (χ1n) is 5.56. The van der Waals surface area contributed by atoms with E-state index >= 15 is 0 Å². The SMILES string of the molecule is Cc1nc(CN(C)C(CO)C(C)(C)C)cs1. The van der Waals surface area contributed by atoms with E-state index < -0.39 is 0 Å². The van der Waals surface area contributed by atoms with Crippen LogP contribution in [0.3, 0.4) is 0 Å². The lowest BCUT2D eigenvalue weighted by Crippen LogP contribution is -2.44. The summed E-state index contributed by atoms with van der Waals surface area (Å²) in [5, 5.41) is 12.6. The molecule has 0 saturated carbocycles. The predicted molar refractivity (Wildman–Crippen MR) is 68.6 cm³/mol. The minimum atomic E-state index is 0.0779. The van der Waals surface area contributed by atoms with Crippen molar-refractivity contribution in [2.75, 3.05) is 13.7 Å². The van der Waals surface area contributed by atoms with Crippen LogP contribution in [0.15, 0.2) is 5.38 Å². The molecule has 0 aliphatic heterocycles. The number of nitrogens with zero attached hydrogens (tertiary/aromatic N) is 2. The lowest BCUT2D eigenvalue weighted by atomic mass is 9.86. The Hall–Kier alpha value is -0.450. The van der Waals surface area contributed by atoms with Crippen LogP contribution in [-0.2, 0) is 6.54 Å². The first kappa shape index (κ1) is 13.6. The quantitative estimate of drug-likeness (QED) is 0.880. The van der Waals surface area contributed by atoms with Gasteiger partial charge in [-0.3, -0.25) is 4.90 Å². The van der Waals surface area contributed by atoms with Gasteiger partial charge < -0.3 is 5.11 Å². The van der Waals surface area contributed by atoms with Crippen molar-refractivity contribution in [1.82, 2.24) is 9.88 Å². The second-order valence-electron chi connectivity index (χ2n) is 5.34. The van der Waals surface area contributed by atoms with Gasteiger partial charge in [0, 0.05) is 18.0 Å². The Morgan fingerprint density at radius 2 is 2.12 bits per heavy atom. The highest BCUT2D eigenvalue weighted by atomic mass is 32.1. The van der Waals surface area contributed by atoms with Gasteiger partial charge >= 0.3 is 0 Å². The minimum Gasteiger partial charge on any atom is -0.395 e. The van der Waals surface area contributed by atoms with E-state index in [9.17, 15) is 5.11 Å². The summed E-state index contributed by atoms with van der Waals surface area (Å²) in [6.07, 6.45) is 0. The molecule has 1 aromatic rings. The normalized spacial score (nSPS) is 14.4. The summed E-state index contributed by atoms with van der Waals surface area (Å²) in [4.78, 5) is 6.62. The van der Waals surface area contributed by atoms with Crippen molar-refractivity contribution in [2.24, 2.45) is 5.41 Å². The first-order valence-corrected chi connectivity index (χ1v) is 6.44. The zero-order valence-corrected chi connectivity index (χ0v) is 11.6. The molecule has 0 fully saturated rings. The van der Waals surface area contributed by atoms with E-state index in [1.54, 1.807) is 11.3 Å². The smallest absolute Gasteiger partial charge is 0.0897 e. The Morgan fingerprint density at radius 3 is 2.50 bits per heavy atom. The first-order chi connectivity index (χ1) is 7.34. The van der Waals surface area contributed by atoms with Crippen LogP contribution in [0, 0.1) is 12.3 Å². The highest BCUT2D eigenvalue weighted by Crippen LogP contribution is 2.24. The van der Waals surface area contributed by atoms with Gasteiger partial charge in [-0.05, 0) is 19.4 Å². The Kier molecular flexibility index (Phi) is 4.47. The van der Waals surface area contributed by atoms with Gasteiger partial charge in [0.25, 0.3) is 0 Å². The molecule has 16 heavy (non-hydrogen) atoms. The molecule has 92 valence electrons. The highest BCUT2D eigenvalue weighted by Gasteiger charge is 2.27. The molecule has 1 unspecified atom stereocenters. The van der Waals surface area contributed by atoms with Gasteiger partial charge in [0.05, 0.1) is 17.3 Å². The fraction of sp³-hybridized carbons (Fsp3) is 0.750. The van der Waals surface area contributed by atoms with Gasteiger partial charge in [0.2, 0.25) is 0 Å². The topological polar surface area (TPSA) is 36.4 Å². The Bertz CT molecular complexity index is 330. The largest absolute Gasteiger partial charge is 0.395 e. The summed E-state index contributed by atoms with van der Waals surface area (Å²) < 4.78 is 0. The molecule has 0 aliphatic carbocycles. The number of thiazole rings is 1. The molecule has 0 aliphatic rings. The lowest BCUT2D eigenvalue weighted by molar-refractivity contribution is 0.0607. The molecule has 1 rings (SSSR count). The number of aliphatic hydroxyl groups is 1. The van der Waals surface area contributed by atoms with Crippen LogP contribution in [0.25, 0.3) is 0 Å². The van der Waals surface area contributed by atoms with Crippen molar-refractivity contribution in [3.8, 4) is 0 Å². The molecule has 1 aromatic heterocycles. The molecule has 3 nitrogen and oxygen atoms in total. The van der Waals surface area contributed by atoms with E-state index in [0.717, 1.165) is 17.2 Å². The van der Waals surface area contributed by atoms with Gasteiger partial charge in [-0.15, -0.1) is 11.3 Å². The van der Waals surface area contributed by atoms with Crippen LogP contribution in [0.5, 0.6) is 0 Å². The van der Waals surface area contributed by atoms with Crippen molar-refractivity contribution in [3.05, 3.63) is 16.1 Å². The third-order valence-electron chi connectivity index (χ3n) is 2.78. The van der Waals surface area contributed by atoms with E-state index in [-0.39, 0.29) is 18.1 Å². The molecule has 0 bridgehead atoms. The van der Waals surface area contributed by atoms with Crippen molar-refractivity contribution < 1.29 is 5.11 Å². The predicted octanol–water partition coefficient (Wildman–Crippen LogP) is 2.29. The molecule has 0 radical (unpaired) electrons. The van der Waals surface area contributed by atoms with Crippen LogP contribution in [0.1, 0.15) is 31.5 Å². The number of hydrogen-bond acceptors (Lipinski definition) is 4. The average molecular weight is 242 g/mol. The number of aliphatic hydroxyl groups excluding tert-OH is 1. The summed E-state index contributed by atoms with van der Waals surface area (Å²) >= 11 is 1.67. The number of likely N-dealkylation sites (N-methyl/N-ethyl adjacent to an activating group) is 1. The highest BCUT2D eigenvalue weighted by molar-refractivity contribution is 7.09. The van der Waals surface area contributed by atoms with Crippen LogP contribution >= 0.6 is 11.3 Å². The van der Waals surface area contributed by atoms with E-state index in [1.807, 2.05) is 14.0 Å². The second kappa shape index (κ2) is 5.25. The molecule has 0 aromatic carbocycles. The van der Waals surface area contributed by atoms with Crippen molar-refractivity contribution >= 4 is 11.3 Å². The van der Waals surface area contributed by atoms with Crippen LogP contribution < -0.4 is 0 Å². The van der Waals surface area contributed by atoms with Gasteiger partial charge in [0.1, 0.15) is 0 Å². The molecule has 1 heterocycles. The fourth-order valence-corrected chi connectivity index (χ4v) is 2.52. The van der Waals surface area contributed by atoms with Gasteiger partial charge in [-0.2, -0.15) is 0 Å². The van der Waals surface area contributed by atoms with Crippen molar-refractivity contribution in [2.45, 2.75) is 40.3 Å². The summed E-state index contributed by atoms with van der Waals surface area (Å²) in [7, 11) is 2.04. The summed E-state index contributed by atoms with van der Waals surface area (Å²) in [5.74, 6) is 0. The molecule has 1 atom stereocenters. The zero-order valence-electron chi connectivity index (χ0n) is 10.8. The molecule has 1 N–H and O–H groups in total. The minimum absolute atomic E-state index is 0.0779. The third-order valence-corrected chi connectivity index (χ3v) is 3.60. The van der Waals surface area contributed by atoms with Crippen LogP contribution in [0.4, 0.5) is 0 Å². The second-order valence-corrected chi connectivity index (χ2v) is 6.40. The molecular formula is C12H22N2OS. The monoisotopic (exact) mass is 242 g/mol. The van der Waals surface area contributed by atoms with E-state index in [2.05, 4.69) is 36.0 Å². The molecule has 0 amide bonds. The Labute approximate surface area is 102 Å². The van der Waals surface area contributed by atoms with Gasteiger partial charge in [-0.25, -0.2) is 4.98 Å². The maximum absolute atomic E-state index is 9.46. The van der Waals surface area contributed by atoms with Crippen molar-refractivity contribution in [1.29, 1.82) is 0 Å².